The number of nitro groups is 1. The zero-order valence-electron chi connectivity index (χ0n) is 9.61. The summed E-state index contributed by atoms with van der Waals surface area (Å²) in [7, 11) is -2.79. The second kappa shape index (κ2) is 5.29. The summed E-state index contributed by atoms with van der Waals surface area (Å²) in [5.41, 5.74) is 4.91. The molecule has 0 aliphatic carbocycles. The van der Waals surface area contributed by atoms with Gasteiger partial charge in [0.2, 0.25) is 10.0 Å². The Morgan fingerprint density at radius 3 is 2.61 bits per heavy atom. The van der Waals surface area contributed by atoms with Gasteiger partial charge in [0, 0.05) is 25.3 Å². The van der Waals surface area contributed by atoms with Gasteiger partial charge in [-0.15, -0.1) is 0 Å². The molecule has 100 valence electrons. The summed E-state index contributed by atoms with van der Waals surface area (Å²) >= 11 is 0. The van der Waals surface area contributed by atoms with Crippen molar-refractivity contribution >= 4 is 21.4 Å². The number of aliphatic hydroxyl groups is 1. The Kier molecular flexibility index (Phi) is 4.22. The van der Waals surface area contributed by atoms with Gasteiger partial charge < -0.3 is 10.8 Å². The van der Waals surface area contributed by atoms with Crippen molar-refractivity contribution in [3.8, 4) is 0 Å². The van der Waals surface area contributed by atoms with Gasteiger partial charge in [-0.1, -0.05) is 0 Å². The maximum Gasteiger partial charge on any atom is 0.291 e. The molecule has 0 heterocycles. The number of hydrogen-bond acceptors (Lipinski definition) is 6. The molecule has 0 atom stereocenters. The summed E-state index contributed by atoms with van der Waals surface area (Å²) in [4.78, 5) is 9.56. The van der Waals surface area contributed by atoms with E-state index < -0.39 is 25.5 Å². The topological polar surface area (TPSA) is 127 Å². The number of benzene rings is 1. The van der Waals surface area contributed by atoms with Crippen LogP contribution in [0, 0.1) is 10.1 Å². The Morgan fingerprint density at radius 1 is 1.50 bits per heavy atom. The van der Waals surface area contributed by atoms with Crippen molar-refractivity contribution in [3.63, 3.8) is 0 Å². The number of aliphatic hydroxyl groups excluding tert-OH is 1. The van der Waals surface area contributed by atoms with Crippen molar-refractivity contribution in [3.05, 3.63) is 28.3 Å². The van der Waals surface area contributed by atoms with Gasteiger partial charge in [0.15, 0.2) is 4.90 Å². The first-order valence-corrected chi connectivity index (χ1v) is 6.36. The quantitative estimate of drug-likeness (QED) is 0.435. The number of nitro benzene ring substituents is 1. The van der Waals surface area contributed by atoms with Crippen LogP contribution in [0.2, 0.25) is 0 Å². The molecule has 0 aliphatic rings. The van der Waals surface area contributed by atoms with Crippen molar-refractivity contribution in [2.24, 2.45) is 0 Å². The number of anilines is 1. The fraction of sp³-hybridized carbons (Fsp3) is 0.333. The monoisotopic (exact) mass is 275 g/mol. The fourth-order valence-electron chi connectivity index (χ4n) is 1.32. The molecule has 1 aromatic rings. The Bertz CT molecular complexity index is 557. The molecule has 0 aliphatic heterocycles. The molecule has 0 radical (unpaired) electrons. The number of rotatable bonds is 5. The van der Waals surface area contributed by atoms with Crippen LogP contribution in [0.15, 0.2) is 23.1 Å². The highest BCUT2D eigenvalue weighted by molar-refractivity contribution is 7.89. The van der Waals surface area contributed by atoms with E-state index in [9.17, 15) is 18.5 Å². The summed E-state index contributed by atoms with van der Waals surface area (Å²) in [6, 6.07) is 3.34. The first-order chi connectivity index (χ1) is 8.30. The smallest absolute Gasteiger partial charge is 0.291 e. The predicted octanol–water partition coefficient (Wildman–Crippen LogP) is -0.210. The van der Waals surface area contributed by atoms with Crippen molar-refractivity contribution in [2.45, 2.75) is 4.90 Å². The molecular weight excluding hydrogens is 262 g/mol. The minimum atomic E-state index is -4.02. The summed E-state index contributed by atoms with van der Waals surface area (Å²) in [5, 5.41) is 19.5. The molecule has 1 rings (SSSR count). The van der Waals surface area contributed by atoms with Crippen LogP contribution < -0.4 is 5.73 Å². The molecule has 0 saturated carbocycles. The Balaban J connectivity index is 3.37. The van der Waals surface area contributed by atoms with Crippen LogP contribution in [0.25, 0.3) is 0 Å². The fourth-order valence-corrected chi connectivity index (χ4v) is 2.62. The lowest BCUT2D eigenvalue weighted by molar-refractivity contribution is -0.387. The van der Waals surface area contributed by atoms with E-state index in [1.54, 1.807) is 0 Å². The van der Waals surface area contributed by atoms with Gasteiger partial charge in [0.1, 0.15) is 0 Å². The van der Waals surface area contributed by atoms with Crippen LogP contribution >= 0.6 is 0 Å². The number of sulfonamides is 1. The zero-order valence-corrected chi connectivity index (χ0v) is 10.4. The predicted molar refractivity (Wildman–Crippen MR) is 64.4 cm³/mol. The van der Waals surface area contributed by atoms with Gasteiger partial charge in [-0.25, -0.2) is 8.42 Å². The van der Waals surface area contributed by atoms with Gasteiger partial charge >= 0.3 is 0 Å². The van der Waals surface area contributed by atoms with E-state index in [2.05, 4.69) is 0 Å². The second-order valence-electron chi connectivity index (χ2n) is 3.53. The highest BCUT2D eigenvalue weighted by Crippen LogP contribution is 2.27. The summed E-state index contributed by atoms with van der Waals surface area (Å²) in [6.07, 6.45) is 0. The maximum atomic E-state index is 12.0. The van der Waals surface area contributed by atoms with E-state index in [-0.39, 0.29) is 18.8 Å². The highest BCUT2D eigenvalue weighted by atomic mass is 32.2. The number of hydrogen-bond donors (Lipinski definition) is 2. The lowest BCUT2D eigenvalue weighted by atomic mass is 10.3. The number of nitrogen functional groups attached to an aromatic ring is 1. The van der Waals surface area contributed by atoms with Gasteiger partial charge in [-0.3, -0.25) is 10.1 Å². The van der Waals surface area contributed by atoms with Gasteiger partial charge in [-0.2, -0.15) is 4.31 Å². The Hall–Kier alpha value is -1.71. The molecule has 0 bridgehead atoms. The summed E-state index contributed by atoms with van der Waals surface area (Å²) in [6.45, 7) is -0.525. The third-order valence-electron chi connectivity index (χ3n) is 2.28. The summed E-state index contributed by atoms with van der Waals surface area (Å²) in [5.74, 6) is 0. The minimum Gasteiger partial charge on any atom is -0.399 e. The van der Waals surface area contributed by atoms with Crippen LogP contribution in [0.3, 0.4) is 0 Å². The SMILES string of the molecule is CN(CCO)S(=O)(=O)c1ccc(N)cc1[N+](=O)[O-]. The number of nitrogens with zero attached hydrogens (tertiary/aromatic N) is 2. The summed E-state index contributed by atoms with van der Waals surface area (Å²) < 4.78 is 24.9. The molecule has 0 saturated heterocycles. The zero-order chi connectivity index (χ0) is 13.9. The second-order valence-corrected chi connectivity index (χ2v) is 5.55. The van der Waals surface area contributed by atoms with Crippen LogP contribution in [0.4, 0.5) is 11.4 Å². The number of nitrogens with two attached hydrogens (primary N) is 1. The standard InChI is InChI=1S/C9H13N3O5S/c1-11(4-5-13)18(16,17)9-3-2-7(10)6-8(9)12(14)15/h2-3,6,13H,4-5,10H2,1H3. The Labute approximate surface area is 104 Å². The van der Waals surface area contributed by atoms with Gasteiger partial charge in [0.05, 0.1) is 11.5 Å². The first kappa shape index (κ1) is 14.4. The van der Waals surface area contributed by atoms with Crippen LogP contribution in [0.5, 0.6) is 0 Å². The van der Waals surface area contributed by atoms with Gasteiger partial charge in [0.25, 0.3) is 5.69 Å². The highest BCUT2D eigenvalue weighted by Gasteiger charge is 2.29. The van der Waals surface area contributed by atoms with E-state index in [1.807, 2.05) is 0 Å². The average molecular weight is 275 g/mol. The molecule has 0 unspecified atom stereocenters. The van der Waals surface area contributed by atoms with Crippen LogP contribution in [-0.2, 0) is 10.0 Å². The van der Waals surface area contributed by atoms with Gasteiger partial charge in [-0.05, 0) is 12.1 Å². The molecule has 1 aromatic carbocycles. The van der Waals surface area contributed by atoms with Crippen LogP contribution in [-0.4, -0.2) is 43.0 Å². The molecule has 0 fully saturated rings. The molecular formula is C9H13N3O5S. The van der Waals surface area contributed by atoms with E-state index >= 15 is 0 Å². The molecule has 0 amide bonds. The van der Waals surface area contributed by atoms with Crippen molar-refractivity contribution in [1.82, 2.24) is 4.31 Å². The molecule has 8 nitrogen and oxygen atoms in total. The first-order valence-electron chi connectivity index (χ1n) is 4.92. The largest absolute Gasteiger partial charge is 0.399 e. The van der Waals surface area contributed by atoms with Crippen molar-refractivity contribution in [2.75, 3.05) is 25.9 Å². The van der Waals surface area contributed by atoms with E-state index in [0.29, 0.717) is 0 Å². The van der Waals surface area contributed by atoms with E-state index in [4.69, 9.17) is 10.8 Å². The lowest BCUT2D eigenvalue weighted by Gasteiger charge is -2.15. The maximum absolute atomic E-state index is 12.0. The van der Waals surface area contributed by atoms with Crippen molar-refractivity contribution < 1.29 is 18.4 Å². The number of likely N-dealkylation sites (N-methyl/N-ethyl adjacent to an activating group) is 1. The molecule has 18 heavy (non-hydrogen) atoms. The third-order valence-corrected chi connectivity index (χ3v) is 4.19. The molecule has 0 spiro atoms. The van der Waals surface area contributed by atoms with Crippen molar-refractivity contribution in [1.29, 1.82) is 0 Å². The Morgan fingerprint density at radius 2 is 2.11 bits per heavy atom. The van der Waals surface area contributed by atoms with Crippen LogP contribution in [0.1, 0.15) is 0 Å². The third kappa shape index (κ3) is 2.75. The normalized spacial score (nSPS) is 11.7. The molecule has 3 N–H and O–H groups in total. The molecule has 0 aromatic heterocycles. The molecule has 9 heteroatoms. The average Bonchev–Trinajstić information content (AvgIpc) is 2.28. The lowest BCUT2D eigenvalue weighted by Crippen LogP contribution is -2.30. The minimum absolute atomic E-state index is 0.102. The van der Waals surface area contributed by atoms with E-state index in [0.717, 1.165) is 16.4 Å². The van der Waals surface area contributed by atoms with E-state index in [1.165, 1.54) is 13.1 Å².